The highest BCUT2D eigenvalue weighted by atomic mass is 16.5. The van der Waals surface area contributed by atoms with Gasteiger partial charge in [-0.05, 0) is 25.0 Å². The molecule has 0 atom stereocenters. The maximum atomic E-state index is 12.3. The Hall–Kier alpha value is -3.49. The number of esters is 1. The Morgan fingerprint density at radius 1 is 1.07 bits per heavy atom. The molecule has 0 radical (unpaired) electrons. The quantitative estimate of drug-likeness (QED) is 0.589. The number of amides is 3. The summed E-state index contributed by atoms with van der Waals surface area (Å²) in [4.78, 5) is 49.6. The first-order valence-electron chi connectivity index (χ1n) is 9.49. The number of rotatable bonds is 6. The van der Waals surface area contributed by atoms with E-state index in [9.17, 15) is 19.2 Å². The average molecular weight is 396 g/mol. The van der Waals surface area contributed by atoms with Gasteiger partial charge in [0.25, 0.3) is 17.7 Å². The largest absolute Gasteiger partial charge is 0.454 e. The smallest absolute Gasteiger partial charge is 0.326 e. The summed E-state index contributed by atoms with van der Waals surface area (Å²) in [5.74, 6) is -1.89. The number of hydrogen-bond donors (Lipinski definition) is 1. The molecule has 1 aromatic carbocycles. The van der Waals surface area contributed by atoms with Gasteiger partial charge in [0.15, 0.2) is 6.61 Å². The molecule has 1 aromatic heterocycles. The molecule has 3 amide bonds. The maximum Gasteiger partial charge on any atom is 0.326 e. The average Bonchev–Trinajstić information content (AvgIpc) is 3.44. The zero-order chi connectivity index (χ0) is 20.4. The Morgan fingerprint density at radius 3 is 2.38 bits per heavy atom. The molecular formula is C20H20N4O5. The van der Waals surface area contributed by atoms with Gasteiger partial charge in [0, 0.05) is 6.07 Å². The van der Waals surface area contributed by atoms with Gasteiger partial charge in [-0.1, -0.05) is 25.0 Å². The monoisotopic (exact) mass is 396 g/mol. The van der Waals surface area contributed by atoms with Crippen LogP contribution < -0.4 is 5.32 Å². The van der Waals surface area contributed by atoms with Gasteiger partial charge in [-0.15, -0.1) is 0 Å². The van der Waals surface area contributed by atoms with E-state index in [1.165, 1.54) is 12.1 Å². The number of carbonyl (C=O) groups is 4. The fourth-order valence-electron chi connectivity index (χ4n) is 3.74. The van der Waals surface area contributed by atoms with Gasteiger partial charge in [0.2, 0.25) is 0 Å². The molecular weight excluding hydrogens is 376 g/mol. The summed E-state index contributed by atoms with van der Waals surface area (Å²) >= 11 is 0. The molecule has 9 heteroatoms. The van der Waals surface area contributed by atoms with Crippen molar-refractivity contribution in [3.63, 3.8) is 0 Å². The molecule has 0 spiro atoms. The van der Waals surface area contributed by atoms with E-state index in [2.05, 4.69) is 10.4 Å². The standard InChI is InChI=1S/C20H20N4O5/c25-17(22-16-9-10-21-24(16)13-5-1-2-6-13)12-29-18(26)11-23-19(27)14-7-3-4-8-15(14)20(23)28/h3-4,7-10,13H,1-2,5-6,11-12H2,(H,22,25). The number of nitrogens with one attached hydrogen (secondary N) is 1. The summed E-state index contributed by atoms with van der Waals surface area (Å²) in [6.45, 7) is -1.06. The number of aromatic nitrogens is 2. The van der Waals surface area contributed by atoms with Crippen molar-refractivity contribution in [1.29, 1.82) is 0 Å². The third-order valence-electron chi connectivity index (χ3n) is 5.14. The second kappa shape index (κ2) is 7.86. The number of ether oxygens (including phenoxy) is 1. The van der Waals surface area contributed by atoms with Crippen molar-refractivity contribution in [2.75, 3.05) is 18.5 Å². The van der Waals surface area contributed by atoms with E-state index in [1.54, 1.807) is 29.1 Å². The van der Waals surface area contributed by atoms with E-state index < -0.39 is 36.8 Å². The first kappa shape index (κ1) is 18.9. The van der Waals surface area contributed by atoms with Crippen LogP contribution in [-0.2, 0) is 14.3 Å². The predicted molar refractivity (Wildman–Crippen MR) is 101 cm³/mol. The minimum Gasteiger partial charge on any atom is -0.454 e. The third kappa shape index (κ3) is 3.75. The molecule has 0 saturated heterocycles. The highest BCUT2D eigenvalue weighted by Crippen LogP contribution is 2.31. The van der Waals surface area contributed by atoms with Gasteiger partial charge < -0.3 is 10.1 Å². The molecule has 2 aliphatic rings. The van der Waals surface area contributed by atoms with Gasteiger partial charge in [-0.25, -0.2) is 4.68 Å². The molecule has 1 aliphatic carbocycles. The fourth-order valence-corrected chi connectivity index (χ4v) is 3.74. The summed E-state index contributed by atoms with van der Waals surface area (Å²) in [6, 6.07) is 8.30. The van der Waals surface area contributed by atoms with Crippen LogP contribution in [0.4, 0.5) is 5.82 Å². The molecule has 1 aliphatic heterocycles. The molecule has 0 unspecified atom stereocenters. The van der Waals surface area contributed by atoms with Crippen LogP contribution >= 0.6 is 0 Å². The summed E-state index contributed by atoms with van der Waals surface area (Å²) < 4.78 is 6.73. The number of imide groups is 1. The lowest BCUT2D eigenvalue weighted by Crippen LogP contribution is -2.36. The van der Waals surface area contributed by atoms with Crippen molar-refractivity contribution in [3.8, 4) is 0 Å². The van der Waals surface area contributed by atoms with E-state index in [4.69, 9.17) is 4.74 Å². The number of fused-ring (bicyclic) bond motifs is 1. The number of nitrogens with zero attached hydrogens (tertiary/aromatic N) is 3. The lowest BCUT2D eigenvalue weighted by atomic mass is 10.1. The second-order valence-electron chi connectivity index (χ2n) is 7.05. The van der Waals surface area contributed by atoms with Gasteiger partial charge in [-0.2, -0.15) is 5.10 Å². The maximum absolute atomic E-state index is 12.3. The van der Waals surface area contributed by atoms with E-state index in [-0.39, 0.29) is 17.2 Å². The lowest BCUT2D eigenvalue weighted by molar-refractivity contribution is -0.147. The molecule has 2 heterocycles. The second-order valence-corrected chi connectivity index (χ2v) is 7.05. The number of anilines is 1. The SMILES string of the molecule is O=C(COC(=O)CN1C(=O)c2ccccc2C1=O)Nc1ccnn1C1CCCC1. The van der Waals surface area contributed by atoms with Crippen LogP contribution in [0.1, 0.15) is 52.4 Å². The van der Waals surface area contributed by atoms with Crippen LogP contribution in [0.2, 0.25) is 0 Å². The Kier molecular flexibility index (Phi) is 5.11. The molecule has 4 rings (SSSR count). The molecule has 1 fully saturated rings. The van der Waals surface area contributed by atoms with Gasteiger partial charge >= 0.3 is 5.97 Å². The van der Waals surface area contributed by atoms with Crippen molar-refractivity contribution >= 4 is 29.5 Å². The fraction of sp³-hybridized carbons (Fsp3) is 0.350. The summed E-state index contributed by atoms with van der Waals surface area (Å²) in [6.07, 6.45) is 5.91. The van der Waals surface area contributed by atoms with Gasteiger partial charge in [0.1, 0.15) is 12.4 Å². The normalized spacial score (nSPS) is 16.2. The minimum atomic E-state index is -0.834. The van der Waals surface area contributed by atoms with Crippen LogP contribution in [0.3, 0.4) is 0 Å². The highest BCUT2D eigenvalue weighted by molar-refractivity contribution is 6.22. The van der Waals surface area contributed by atoms with Crippen molar-refractivity contribution in [2.24, 2.45) is 0 Å². The minimum absolute atomic E-state index is 0.253. The van der Waals surface area contributed by atoms with Crippen molar-refractivity contribution < 1.29 is 23.9 Å². The van der Waals surface area contributed by atoms with Crippen LogP contribution in [0, 0.1) is 0 Å². The molecule has 9 nitrogen and oxygen atoms in total. The molecule has 150 valence electrons. The van der Waals surface area contributed by atoms with Crippen LogP contribution in [0.25, 0.3) is 0 Å². The van der Waals surface area contributed by atoms with Gasteiger partial charge in [-0.3, -0.25) is 24.1 Å². The first-order chi connectivity index (χ1) is 14.0. The van der Waals surface area contributed by atoms with Crippen molar-refractivity contribution in [2.45, 2.75) is 31.7 Å². The Morgan fingerprint density at radius 2 is 1.72 bits per heavy atom. The van der Waals surface area contributed by atoms with Crippen molar-refractivity contribution in [3.05, 3.63) is 47.7 Å². The van der Waals surface area contributed by atoms with E-state index >= 15 is 0 Å². The molecule has 29 heavy (non-hydrogen) atoms. The van der Waals surface area contributed by atoms with E-state index in [0.29, 0.717) is 5.82 Å². The van der Waals surface area contributed by atoms with Gasteiger partial charge in [0.05, 0.1) is 23.4 Å². The Labute approximate surface area is 166 Å². The molecule has 1 N–H and O–H groups in total. The lowest BCUT2D eigenvalue weighted by Gasteiger charge is -2.15. The topological polar surface area (TPSA) is 111 Å². The summed E-state index contributed by atoms with van der Waals surface area (Å²) in [5.41, 5.74) is 0.506. The van der Waals surface area contributed by atoms with E-state index in [0.717, 1.165) is 30.6 Å². The van der Waals surface area contributed by atoms with Crippen LogP contribution in [0.5, 0.6) is 0 Å². The number of hydrogen-bond acceptors (Lipinski definition) is 6. The zero-order valence-electron chi connectivity index (χ0n) is 15.7. The van der Waals surface area contributed by atoms with Crippen LogP contribution in [-0.4, -0.2) is 51.5 Å². The number of carbonyl (C=O) groups excluding carboxylic acids is 4. The summed E-state index contributed by atoms with van der Waals surface area (Å²) in [7, 11) is 0. The third-order valence-corrected chi connectivity index (χ3v) is 5.14. The molecule has 1 saturated carbocycles. The van der Waals surface area contributed by atoms with E-state index in [1.807, 2.05) is 0 Å². The number of benzene rings is 1. The predicted octanol–water partition coefficient (Wildman–Crippen LogP) is 1.78. The Bertz CT molecular complexity index is 942. The first-order valence-corrected chi connectivity index (χ1v) is 9.49. The molecule has 2 aromatic rings. The summed E-state index contributed by atoms with van der Waals surface area (Å²) in [5, 5.41) is 6.95. The van der Waals surface area contributed by atoms with Crippen molar-refractivity contribution in [1.82, 2.24) is 14.7 Å². The zero-order valence-corrected chi connectivity index (χ0v) is 15.7. The Balaban J connectivity index is 1.29. The molecule has 0 bridgehead atoms. The highest BCUT2D eigenvalue weighted by Gasteiger charge is 2.36. The van der Waals surface area contributed by atoms with Crippen LogP contribution in [0.15, 0.2) is 36.5 Å².